The molecule has 0 bridgehead atoms. The van der Waals surface area contributed by atoms with Gasteiger partial charge in [0.15, 0.2) is 0 Å². The summed E-state index contributed by atoms with van der Waals surface area (Å²) < 4.78 is 2.32. The standard InChI is InChI=1S/C13H22N4/c1-16(11-4-5-11)7-8-17-10-14-9-13(17)12-3-2-6-15-12/h9-12,15H,2-8H2,1H3. The molecular weight excluding hydrogens is 212 g/mol. The van der Waals surface area contributed by atoms with Crippen molar-refractivity contribution in [2.75, 3.05) is 20.1 Å². The van der Waals surface area contributed by atoms with Gasteiger partial charge in [0, 0.05) is 31.4 Å². The molecule has 2 aliphatic rings. The van der Waals surface area contributed by atoms with Gasteiger partial charge in [-0.25, -0.2) is 4.98 Å². The van der Waals surface area contributed by atoms with Gasteiger partial charge in [0.05, 0.1) is 12.0 Å². The number of likely N-dealkylation sites (N-methyl/N-ethyl adjacent to an activating group) is 1. The van der Waals surface area contributed by atoms with E-state index in [9.17, 15) is 0 Å². The van der Waals surface area contributed by atoms with Crippen LogP contribution in [0.15, 0.2) is 12.5 Å². The maximum absolute atomic E-state index is 4.31. The molecule has 2 heterocycles. The summed E-state index contributed by atoms with van der Waals surface area (Å²) in [4.78, 5) is 6.79. The molecule has 3 rings (SSSR count). The van der Waals surface area contributed by atoms with Crippen LogP contribution in [-0.4, -0.2) is 40.6 Å². The Morgan fingerprint density at radius 3 is 3.06 bits per heavy atom. The lowest BCUT2D eigenvalue weighted by Gasteiger charge is -2.18. The maximum Gasteiger partial charge on any atom is 0.0949 e. The first-order valence-electron chi connectivity index (χ1n) is 6.78. The number of nitrogens with zero attached hydrogens (tertiary/aromatic N) is 3. The second kappa shape index (κ2) is 4.78. The molecule has 1 saturated carbocycles. The van der Waals surface area contributed by atoms with Crippen molar-refractivity contribution < 1.29 is 0 Å². The van der Waals surface area contributed by atoms with E-state index in [4.69, 9.17) is 0 Å². The first-order valence-corrected chi connectivity index (χ1v) is 6.78. The van der Waals surface area contributed by atoms with Crippen LogP contribution in [0.4, 0.5) is 0 Å². The van der Waals surface area contributed by atoms with Crippen molar-refractivity contribution in [3.05, 3.63) is 18.2 Å². The van der Waals surface area contributed by atoms with E-state index in [1.165, 1.54) is 31.4 Å². The number of nitrogens with one attached hydrogen (secondary N) is 1. The van der Waals surface area contributed by atoms with Crippen LogP contribution in [0.25, 0.3) is 0 Å². The highest BCUT2D eigenvalue weighted by Gasteiger charge is 2.26. The zero-order chi connectivity index (χ0) is 11.7. The van der Waals surface area contributed by atoms with E-state index in [0.717, 1.165) is 25.7 Å². The van der Waals surface area contributed by atoms with Crippen molar-refractivity contribution in [2.45, 2.75) is 44.3 Å². The smallest absolute Gasteiger partial charge is 0.0949 e. The Bertz CT molecular complexity index is 363. The molecule has 0 spiro atoms. The van der Waals surface area contributed by atoms with Gasteiger partial charge in [-0.1, -0.05) is 0 Å². The summed E-state index contributed by atoms with van der Waals surface area (Å²) in [5, 5.41) is 3.55. The number of rotatable bonds is 5. The van der Waals surface area contributed by atoms with Crippen LogP contribution in [0.1, 0.15) is 37.4 Å². The quantitative estimate of drug-likeness (QED) is 0.836. The Hall–Kier alpha value is -0.870. The summed E-state index contributed by atoms with van der Waals surface area (Å²) >= 11 is 0. The highest BCUT2D eigenvalue weighted by atomic mass is 15.2. The fourth-order valence-electron chi connectivity index (χ4n) is 2.71. The summed E-state index contributed by atoms with van der Waals surface area (Å²) in [5.41, 5.74) is 1.37. The van der Waals surface area contributed by atoms with Gasteiger partial charge in [-0.05, 0) is 39.3 Å². The molecule has 2 fully saturated rings. The molecule has 1 saturated heterocycles. The lowest BCUT2D eigenvalue weighted by Crippen LogP contribution is -2.26. The SMILES string of the molecule is CN(CCn1cncc1C1CCCN1)C1CC1. The highest BCUT2D eigenvalue weighted by molar-refractivity contribution is 5.07. The van der Waals surface area contributed by atoms with Crippen LogP contribution in [0.3, 0.4) is 0 Å². The zero-order valence-corrected chi connectivity index (χ0v) is 10.6. The molecule has 1 aromatic heterocycles. The minimum atomic E-state index is 0.531. The van der Waals surface area contributed by atoms with Crippen LogP contribution in [-0.2, 0) is 6.54 Å². The molecule has 17 heavy (non-hydrogen) atoms. The molecule has 1 unspecified atom stereocenters. The molecule has 4 heteroatoms. The summed E-state index contributed by atoms with van der Waals surface area (Å²) in [6, 6.07) is 1.38. The second-order valence-electron chi connectivity index (χ2n) is 5.37. The van der Waals surface area contributed by atoms with Gasteiger partial charge < -0.3 is 14.8 Å². The van der Waals surface area contributed by atoms with E-state index in [0.29, 0.717) is 6.04 Å². The average Bonchev–Trinajstić information content (AvgIpc) is 2.88. The van der Waals surface area contributed by atoms with Gasteiger partial charge in [0.1, 0.15) is 0 Å². The largest absolute Gasteiger partial charge is 0.332 e. The lowest BCUT2D eigenvalue weighted by atomic mass is 10.2. The van der Waals surface area contributed by atoms with E-state index in [1.54, 1.807) is 0 Å². The first kappa shape index (κ1) is 11.2. The van der Waals surface area contributed by atoms with E-state index in [2.05, 4.69) is 26.8 Å². The number of hydrogen-bond acceptors (Lipinski definition) is 3. The van der Waals surface area contributed by atoms with Gasteiger partial charge >= 0.3 is 0 Å². The highest BCUT2D eigenvalue weighted by Crippen LogP contribution is 2.26. The average molecular weight is 234 g/mol. The van der Waals surface area contributed by atoms with Gasteiger partial charge in [-0.3, -0.25) is 0 Å². The second-order valence-corrected chi connectivity index (χ2v) is 5.37. The fourth-order valence-corrected chi connectivity index (χ4v) is 2.71. The van der Waals surface area contributed by atoms with Gasteiger partial charge in [-0.15, -0.1) is 0 Å². The minimum absolute atomic E-state index is 0.531. The van der Waals surface area contributed by atoms with Crippen LogP contribution in [0, 0.1) is 0 Å². The van der Waals surface area contributed by atoms with Crippen LogP contribution < -0.4 is 5.32 Å². The third-order valence-electron chi connectivity index (χ3n) is 4.03. The molecule has 4 nitrogen and oxygen atoms in total. The molecule has 1 aliphatic heterocycles. The molecule has 0 aromatic carbocycles. The van der Waals surface area contributed by atoms with Crippen molar-refractivity contribution in [3.63, 3.8) is 0 Å². The van der Waals surface area contributed by atoms with Gasteiger partial charge in [0.25, 0.3) is 0 Å². The molecule has 1 atom stereocenters. The monoisotopic (exact) mass is 234 g/mol. The molecule has 1 aliphatic carbocycles. The van der Waals surface area contributed by atoms with Crippen molar-refractivity contribution in [1.29, 1.82) is 0 Å². The van der Waals surface area contributed by atoms with Gasteiger partial charge in [-0.2, -0.15) is 0 Å². The third kappa shape index (κ3) is 2.53. The number of hydrogen-bond donors (Lipinski definition) is 1. The van der Waals surface area contributed by atoms with E-state index in [1.807, 2.05) is 12.5 Å². The topological polar surface area (TPSA) is 33.1 Å². The fraction of sp³-hybridized carbons (Fsp3) is 0.769. The first-order chi connectivity index (χ1) is 8.34. The normalized spacial score (nSPS) is 24.7. The van der Waals surface area contributed by atoms with Crippen LogP contribution in [0.5, 0.6) is 0 Å². The van der Waals surface area contributed by atoms with E-state index >= 15 is 0 Å². The molecule has 1 aromatic rings. The minimum Gasteiger partial charge on any atom is -0.332 e. The van der Waals surface area contributed by atoms with Crippen molar-refractivity contribution in [1.82, 2.24) is 19.8 Å². The Morgan fingerprint density at radius 1 is 1.47 bits per heavy atom. The molecule has 0 amide bonds. The molecule has 0 radical (unpaired) electrons. The number of aromatic nitrogens is 2. The summed E-state index contributed by atoms with van der Waals surface area (Å²) in [5.74, 6) is 0. The summed E-state index contributed by atoms with van der Waals surface area (Å²) in [6.45, 7) is 3.36. The summed E-state index contributed by atoms with van der Waals surface area (Å²) in [7, 11) is 2.24. The third-order valence-corrected chi connectivity index (χ3v) is 4.03. The van der Waals surface area contributed by atoms with Crippen LogP contribution in [0.2, 0.25) is 0 Å². The van der Waals surface area contributed by atoms with Crippen LogP contribution >= 0.6 is 0 Å². The maximum atomic E-state index is 4.31. The Labute approximate surface area is 103 Å². The molecular formula is C13H22N4. The summed E-state index contributed by atoms with van der Waals surface area (Å²) in [6.07, 6.45) is 9.33. The predicted molar refractivity (Wildman–Crippen MR) is 67.9 cm³/mol. The predicted octanol–water partition coefficient (Wildman–Crippen LogP) is 1.40. The Balaban J connectivity index is 1.60. The van der Waals surface area contributed by atoms with Crippen molar-refractivity contribution >= 4 is 0 Å². The lowest BCUT2D eigenvalue weighted by molar-refractivity contribution is 0.306. The van der Waals surface area contributed by atoms with E-state index < -0.39 is 0 Å². The van der Waals surface area contributed by atoms with Gasteiger partial charge in [0.2, 0.25) is 0 Å². The number of imidazole rings is 1. The Morgan fingerprint density at radius 2 is 2.35 bits per heavy atom. The molecule has 1 N–H and O–H groups in total. The molecule has 94 valence electrons. The zero-order valence-electron chi connectivity index (χ0n) is 10.6. The Kier molecular flexibility index (Phi) is 3.16. The van der Waals surface area contributed by atoms with Crippen molar-refractivity contribution in [3.8, 4) is 0 Å². The van der Waals surface area contributed by atoms with E-state index in [-0.39, 0.29) is 0 Å². The van der Waals surface area contributed by atoms with Crippen molar-refractivity contribution in [2.24, 2.45) is 0 Å².